The van der Waals surface area contributed by atoms with Crippen molar-refractivity contribution in [1.29, 1.82) is 0 Å². The van der Waals surface area contributed by atoms with Crippen molar-refractivity contribution in [2.75, 3.05) is 32.7 Å². The lowest BCUT2D eigenvalue weighted by atomic mass is 9.72. The quantitative estimate of drug-likeness (QED) is 0.534. The minimum absolute atomic E-state index is 0.130. The summed E-state index contributed by atoms with van der Waals surface area (Å²) in [5.41, 5.74) is 7.08. The van der Waals surface area contributed by atoms with E-state index in [-0.39, 0.29) is 35.4 Å². The zero-order valence-corrected chi connectivity index (χ0v) is 24.0. The Balaban J connectivity index is 1.07. The molecule has 0 radical (unpaired) electrons. The van der Waals surface area contributed by atoms with Crippen molar-refractivity contribution in [3.8, 4) is 0 Å². The van der Waals surface area contributed by atoms with E-state index >= 15 is 0 Å². The Morgan fingerprint density at radius 2 is 1.63 bits per heavy atom. The highest BCUT2D eigenvalue weighted by atomic mass is 19.1. The summed E-state index contributed by atoms with van der Waals surface area (Å²) in [6, 6.07) is 12.4. The molecular weight excluding hydrogens is 519 g/mol. The fourth-order valence-electron chi connectivity index (χ4n) is 6.82. The highest BCUT2D eigenvalue weighted by Crippen LogP contribution is 2.43. The molecule has 1 atom stereocenters. The number of nitrogens with zero attached hydrogens (tertiary/aromatic N) is 3. The van der Waals surface area contributed by atoms with E-state index in [1.54, 1.807) is 17.0 Å². The summed E-state index contributed by atoms with van der Waals surface area (Å²) < 4.78 is 13.6. The van der Waals surface area contributed by atoms with Gasteiger partial charge in [-0.15, -0.1) is 0 Å². The number of halogens is 1. The van der Waals surface area contributed by atoms with Gasteiger partial charge in [0, 0.05) is 57.8 Å². The number of benzene rings is 2. The zero-order valence-electron chi connectivity index (χ0n) is 24.0. The van der Waals surface area contributed by atoms with E-state index in [2.05, 4.69) is 35.0 Å². The normalized spacial score (nSPS) is 23.6. The molecule has 216 valence electrons. The molecule has 0 aromatic heterocycles. The molecule has 4 aliphatic rings. The second-order valence-electron chi connectivity index (χ2n) is 12.9. The summed E-state index contributed by atoms with van der Waals surface area (Å²) in [4.78, 5) is 43.5. The van der Waals surface area contributed by atoms with Crippen LogP contribution < -0.4 is 5.32 Å². The van der Waals surface area contributed by atoms with Gasteiger partial charge in [0.1, 0.15) is 11.9 Å². The van der Waals surface area contributed by atoms with E-state index in [9.17, 15) is 18.8 Å². The lowest BCUT2D eigenvalue weighted by Gasteiger charge is -2.38. The molecule has 2 fully saturated rings. The number of piperazine rings is 1. The van der Waals surface area contributed by atoms with Crippen molar-refractivity contribution in [1.82, 2.24) is 20.0 Å². The average molecular weight is 559 g/mol. The van der Waals surface area contributed by atoms with E-state index in [0.717, 1.165) is 63.2 Å². The Kier molecular flexibility index (Phi) is 7.55. The molecule has 2 saturated heterocycles. The predicted molar refractivity (Wildman–Crippen MR) is 155 cm³/mol. The number of hydrogen-bond acceptors (Lipinski definition) is 5. The third-order valence-electron chi connectivity index (χ3n) is 9.25. The fourth-order valence-corrected chi connectivity index (χ4v) is 6.82. The van der Waals surface area contributed by atoms with Crippen LogP contribution in [0.15, 0.2) is 48.0 Å². The van der Waals surface area contributed by atoms with Crippen LogP contribution in [0.25, 0.3) is 5.57 Å². The maximum atomic E-state index is 13.6. The number of rotatable bonds is 6. The first kappa shape index (κ1) is 27.8. The Bertz CT molecular complexity index is 1390. The van der Waals surface area contributed by atoms with Crippen molar-refractivity contribution in [3.05, 3.63) is 76.1 Å². The van der Waals surface area contributed by atoms with Gasteiger partial charge in [0.05, 0.1) is 0 Å². The van der Waals surface area contributed by atoms with Gasteiger partial charge in [0.15, 0.2) is 0 Å². The molecular formula is C33H39FN4O3. The smallest absolute Gasteiger partial charge is 0.255 e. The van der Waals surface area contributed by atoms with Gasteiger partial charge in [-0.25, -0.2) is 4.39 Å². The number of carbonyl (C=O) groups is 3. The Morgan fingerprint density at radius 1 is 0.927 bits per heavy atom. The minimum Gasteiger partial charge on any atom is -0.322 e. The average Bonchev–Trinajstić information content (AvgIpc) is 3.26. The summed E-state index contributed by atoms with van der Waals surface area (Å²) in [6.45, 7) is 10.8. The van der Waals surface area contributed by atoms with Gasteiger partial charge in [0.25, 0.3) is 5.91 Å². The molecule has 0 spiro atoms. The maximum Gasteiger partial charge on any atom is 0.255 e. The van der Waals surface area contributed by atoms with Crippen molar-refractivity contribution in [2.24, 2.45) is 5.41 Å². The van der Waals surface area contributed by atoms with Crippen LogP contribution in [0.3, 0.4) is 0 Å². The van der Waals surface area contributed by atoms with Crippen LogP contribution in [0.1, 0.15) is 73.0 Å². The number of allylic oxidation sites excluding steroid dienone is 1. The highest BCUT2D eigenvalue weighted by Gasteiger charge is 2.39. The largest absolute Gasteiger partial charge is 0.322 e. The summed E-state index contributed by atoms with van der Waals surface area (Å²) in [7, 11) is 0. The number of nitrogens with one attached hydrogen (secondary N) is 1. The van der Waals surface area contributed by atoms with E-state index in [1.165, 1.54) is 23.1 Å². The summed E-state index contributed by atoms with van der Waals surface area (Å²) in [6.07, 6.45) is 3.92. The molecule has 1 unspecified atom stereocenters. The Morgan fingerprint density at radius 3 is 2.34 bits per heavy atom. The topological polar surface area (TPSA) is 73.0 Å². The van der Waals surface area contributed by atoms with Crippen molar-refractivity contribution in [2.45, 2.75) is 65.1 Å². The van der Waals surface area contributed by atoms with Crippen molar-refractivity contribution >= 4 is 23.3 Å². The van der Waals surface area contributed by atoms with E-state index in [1.807, 2.05) is 24.3 Å². The summed E-state index contributed by atoms with van der Waals surface area (Å²) in [5, 5.41) is 2.37. The lowest BCUT2D eigenvalue weighted by molar-refractivity contribution is -0.136. The third-order valence-corrected chi connectivity index (χ3v) is 9.25. The van der Waals surface area contributed by atoms with E-state index in [4.69, 9.17) is 0 Å². The monoisotopic (exact) mass is 558 g/mol. The summed E-state index contributed by atoms with van der Waals surface area (Å²) in [5.74, 6) is -0.970. The van der Waals surface area contributed by atoms with Crippen molar-refractivity contribution in [3.63, 3.8) is 0 Å². The number of fused-ring (bicyclic) bond motifs is 1. The molecule has 0 bridgehead atoms. The van der Waals surface area contributed by atoms with Crippen LogP contribution in [-0.4, -0.2) is 71.2 Å². The molecule has 7 nitrogen and oxygen atoms in total. The third kappa shape index (κ3) is 5.99. The van der Waals surface area contributed by atoms with Crippen LogP contribution in [0.2, 0.25) is 0 Å². The maximum absolute atomic E-state index is 13.6. The zero-order chi connectivity index (χ0) is 28.7. The lowest BCUT2D eigenvalue weighted by Crippen LogP contribution is -2.52. The number of amides is 3. The van der Waals surface area contributed by atoms with Gasteiger partial charge in [-0.2, -0.15) is 0 Å². The highest BCUT2D eigenvalue weighted by molar-refractivity contribution is 6.05. The molecule has 8 heteroatoms. The first-order valence-electron chi connectivity index (χ1n) is 14.8. The standard InChI is InChI=1S/C33H39FN4O3/c1-33(2)12-11-24(28(18-33)23-4-6-26(34)7-5-23)20-37-15-13-36(14-16-37)19-22-3-8-27-25(17-22)21-38(32(27)41)29-9-10-30(39)35-31(29)40/h3-8,17,29H,9-16,18-21H2,1-2H3,(H,35,39,40). The van der Waals surface area contributed by atoms with Crippen LogP contribution in [0.5, 0.6) is 0 Å². The fraction of sp³-hybridized carbons (Fsp3) is 0.485. The molecule has 3 heterocycles. The van der Waals surface area contributed by atoms with Crippen LogP contribution in [0, 0.1) is 11.2 Å². The van der Waals surface area contributed by atoms with Gasteiger partial charge < -0.3 is 4.90 Å². The van der Waals surface area contributed by atoms with Crippen LogP contribution >= 0.6 is 0 Å². The van der Waals surface area contributed by atoms with Gasteiger partial charge in [0.2, 0.25) is 11.8 Å². The number of imide groups is 1. The van der Waals surface area contributed by atoms with Crippen LogP contribution in [0.4, 0.5) is 4.39 Å². The van der Waals surface area contributed by atoms with Crippen molar-refractivity contribution < 1.29 is 18.8 Å². The summed E-state index contributed by atoms with van der Waals surface area (Å²) >= 11 is 0. The van der Waals surface area contributed by atoms with Gasteiger partial charge >= 0.3 is 0 Å². The minimum atomic E-state index is -0.585. The van der Waals surface area contributed by atoms with E-state index < -0.39 is 6.04 Å². The Hall–Kier alpha value is -3.36. The predicted octanol–water partition coefficient (Wildman–Crippen LogP) is 4.37. The van der Waals surface area contributed by atoms with Gasteiger partial charge in [-0.05, 0) is 71.6 Å². The molecule has 2 aromatic carbocycles. The molecule has 0 saturated carbocycles. The Labute approximate surface area is 241 Å². The molecule has 2 aromatic rings. The van der Waals surface area contributed by atoms with Gasteiger partial charge in [-0.3, -0.25) is 29.5 Å². The molecule has 1 aliphatic carbocycles. The second kappa shape index (κ2) is 11.1. The molecule has 3 aliphatic heterocycles. The SMILES string of the molecule is CC1(C)CCC(CN2CCN(Cc3ccc4c(c3)CN(C3CCC(=O)NC3=O)C4=O)CC2)=C(c2ccc(F)cc2)C1. The molecule has 3 amide bonds. The second-order valence-corrected chi connectivity index (χ2v) is 12.9. The molecule has 1 N–H and O–H groups in total. The first-order chi connectivity index (χ1) is 19.6. The number of hydrogen-bond donors (Lipinski definition) is 1. The molecule has 41 heavy (non-hydrogen) atoms. The van der Waals surface area contributed by atoms with Gasteiger partial charge in [-0.1, -0.05) is 43.7 Å². The van der Waals surface area contributed by atoms with E-state index in [0.29, 0.717) is 18.5 Å². The first-order valence-corrected chi connectivity index (χ1v) is 14.8. The molecule has 6 rings (SSSR count). The number of carbonyl (C=O) groups excluding carboxylic acids is 3. The number of piperidine rings is 1. The van der Waals surface area contributed by atoms with Crippen LogP contribution in [-0.2, 0) is 22.7 Å².